The van der Waals surface area contributed by atoms with Crippen molar-refractivity contribution in [1.29, 1.82) is 0 Å². The second kappa shape index (κ2) is 4.07. The van der Waals surface area contributed by atoms with Crippen LogP contribution in [0.25, 0.3) is 0 Å². The van der Waals surface area contributed by atoms with Crippen LogP contribution in [-0.4, -0.2) is 23.4 Å². The first-order valence-corrected chi connectivity index (χ1v) is 6.45. The summed E-state index contributed by atoms with van der Waals surface area (Å²) in [6, 6.07) is 6.53. The first-order valence-electron chi connectivity index (χ1n) is 5.70. The van der Waals surface area contributed by atoms with Crippen molar-refractivity contribution in [2.75, 3.05) is 6.54 Å². The number of guanidine groups is 1. The summed E-state index contributed by atoms with van der Waals surface area (Å²) in [5.41, 5.74) is 7.07. The molecule has 2 N–H and O–H groups in total. The van der Waals surface area contributed by atoms with Crippen LogP contribution in [0.3, 0.4) is 0 Å². The van der Waals surface area contributed by atoms with E-state index >= 15 is 0 Å². The Morgan fingerprint density at radius 3 is 2.65 bits per heavy atom. The van der Waals surface area contributed by atoms with E-state index in [2.05, 4.69) is 9.89 Å². The van der Waals surface area contributed by atoms with Crippen molar-refractivity contribution >= 4 is 29.2 Å². The predicted octanol–water partition coefficient (Wildman–Crippen LogP) is 2.83. The van der Waals surface area contributed by atoms with Gasteiger partial charge in [0.05, 0.1) is 22.6 Å². The predicted molar refractivity (Wildman–Crippen MR) is 70.6 cm³/mol. The Kier molecular flexibility index (Phi) is 2.68. The van der Waals surface area contributed by atoms with E-state index in [1.54, 1.807) is 0 Å². The molecule has 1 heterocycles. The highest BCUT2D eigenvalue weighted by Gasteiger charge is 2.38. The zero-order valence-electron chi connectivity index (χ0n) is 9.24. The third kappa shape index (κ3) is 1.98. The number of hydrogen-bond donors (Lipinski definition) is 1. The van der Waals surface area contributed by atoms with Crippen molar-refractivity contribution in [2.24, 2.45) is 10.7 Å². The molecule has 1 unspecified atom stereocenters. The molecule has 0 aromatic heterocycles. The first kappa shape index (κ1) is 11.2. The molecular weight excluding hydrogens is 257 g/mol. The Morgan fingerprint density at radius 1 is 1.24 bits per heavy atom. The first-order chi connectivity index (χ1) is 8.16. The van der Waals surface area contributed by atoms with Crippen LogP contribution in [0.2, 0.25) is 10.0 Å². The van der Waals surface area contributed by atoms with E-state index in [1.807, 2.05) is 18.2 Å². The van der Waals surface area contributed by atoms with E-state index in [9.17, 15) is 0 Å². The van der Waals surface area contributed by atoms with Gasteiger partial charge in [0.25, 0.3) is 0 Å². The molecule has 17 heavy (non-hydrogen) atoms. The van der Waals surface area contributed by atoms with Gasteiger partial charge in [0, 0.05) is 6.04 Å². The lowest BCUT2D eigenvalue weighted by atomic mass is 10.1. The smallest absolute Gasteiger partial charge is 0.192 e. The number of benzene rings is 1. The fourth-order valence-corrected chi connectivity index (χ4v) is 2.60. The Balaban J connectivity index is 1.91. The topological polar surface area (TPSA) is 41.6 Å². The lowest BCUT2D eigenvalue weighted by Gasteiger charge is -2.26. The third-order valence-corrected chi connectivity index (χ3v) is 4.03. The number of nitrogens with zero attached hydrogens (tertiary/aromatic N) is 2. The molecule has 1 saturated carbocycles. The number of rotatable bonds is 2. The minimum absolute atomic E-state index is 0.220. The molecule has 3 rings (SSSR count). The minimum atomic E-state index is 0.220. The van der Waals surface area contributed by atoms with E-state index in [4.69, 9.17) is 28.9 Å². The second-order valence-corrected chi connectivity index (χ2v) is 5.34. The summed E-state index contributed by atoms with van der Waals surface area (Å²) in [6.45, 7) is 0.709. The molecule has 0 bridgehead atoms. The molecule has 2 aliphatic rings. The van der Waals surface area contributed by atoms with Gasteiger partial charge < -0.3 is 10.6 Å². The summed E-state index contributed by atoms with van der Waals surface area (Å²) in [5, 5.41) is 1.17. The van der Waals surface area contributed by atoms with Crippen LogP contribution in [0.1, 0.15) is 24.4 Å². The van der Waals surface area contributed by atoms with Crippen LogP contribution in [0.5, 0.6) is 0 Å². The summed E-state index contributed by atoms with van der Waals surface area (Å²) in [4.78, 5) is 6.54. The number of aliphatic imine (C=N–C) groups is 1. The maximum atomic E-state index is 6.05. The van der Waals surface area contributed by atoms with Crippen molar-refractivity contribution in [3.05, 3.63) is 33.8 Å². The van der Waals surface area contributed by atoms with Crippen LogP contribution in [0.15, 0.2) is 23.2 Å². The van der Waals surface area contributed by atoms with Gasteiger partial charge in [-0.25, -0.2) is 0 Å². The van der Waals surface area contributed by atoms with Gasteiger partial charge in [-0.05, 0) is 30.5 Å². The van der Waals surface area contributed by atoms with E-state index in [0.29, 0.717) is 28.6 Å². The summed E-state index contributed by atoms with van der Waals surface area (Å²) in [6.07, 6.45) is 2.40. The molecule has 1 atom stereocenters. The van der Waals surface area contributed by atoms with E-state index in [-0.39, 0.29) is 6.04 Å². The Hall–Kier alpha value is -0.930. The molecule has 0 spiro atoms. The molecule has 0 radical (unpaired) electrons. The highest BCUT2D eigenvalue weighted by atomic mass is 35.5. The van der Waals surface area contributed by atoms with E-state index in [1.165, 1.54) is 12.8 Å². The largest absolute Gasteiger partial charge is 0.370 e. The zero-order valence-corrected chi connectivity index (χ0v) is 10.7. The fourth-order valence-electron chi connectivity index (χ4n) is 2.29. The molecule has 1 fully saturated rings. The number of hydrogen-bond acceptors (Lipinski definition) is 3. The lowest BCUT2D eigenvalue weighted by molar-refractivity contribution is 0.338. The van der Waals surface area contributed by atoms with Gasteiger partial charge in [0.1, 0.15) is 0 Å². The van der Waals surface area contributed by atoms with Crippen LogP contribution in [0, 0.1) is 0 Å². The molecule has 1 aliphatic heterocycles. The van der Waals surface area contributed by atoms with Gasteiger partial charge in [0.15, 0.2) is 5.96 Å². The van der Waals surface area contributed by atoms with E-state index in [0.717, 1.165) is 5.56 Å². The maximum absolute atomic E-state index is 6.05. The summed E-state index contributed by atoms with van der Waals surface area (Å²) < 4.78 is 0. The molecule has 1 aromatic rings. The Morgan fingerprint density at radius 2 is 2.00 bits per heavy atom. The average Bonchev–Trinajstić information content (AvgIpc) is 3.06. The van der Waals surface area contributed by atoms with Gasteiger partial charge in [-0.1, -0.05) is 29.3 Å². The molecular formula is C12H13Cl2N3. The van der Waals surface area contributed by atoms with Crippen LogP contribution >= 0.6 is 23.2 Å². The normalized spacial score (nSPS) is 24.0. The highest BCUT2D eigenvalue weighted by Crippen LogP contribution is 2.38. The average molecular weight is 270 g/mol. The van der Waals surface area contributed by atoms with Gasteiger partial charge >= 0.3 is 0 Å². The molecule has 1 aliphatic carbocycles. The fraction of sp³-hybridized carbons (Fsp3) is 0.417. The molecule has 1 aromatic carbocycles. The Bertz CT molecular complexity index is 483. The highest BCUT2D eigenvalue weighted by molar-refractivity contribution is 6.42. The number of nitrogens with two attached hydrogens (primary N) is 1. The van der Waals surface area contributed by atoms with Gasteiger partial charge in [-0.3, -0.25) is 4.99 Å². The van der Waals surface area contributed by atoms with Crippen molar-refractivity contribution in [2.45, 2.75) is 24.9 Å². The maximum Gasteiger partial charge on any atom is 0.192 e. The minimum Gasteiger partial charge on any atom is -0.370 e. The molecule has 5 heteroatoms. The van der Waals surface area contributed by atoms with Crippen LogP contribution < -0.4 is 5.73 Å². The zero-order chi connectivity index (χ0) is 12.0. The monoisotopic (exact) mass is 269 g/mol. The molecule has 0 amide bonds. The lowest BCUT2D eigenvalue weighted by Crippen LogP contribution is -2.37. The summed E-state index contributed by atoms with van der Waals surface area (Å²) >= 11 is 12.0. The summed E-state index contributed by atoms with van der Waals surface area (Å²) in [7, 11) is 0. The quantitative estimate of drug-likeness (QED) is 0.897. The van der Waals surface area contributed by atoms with Crippen molar-refractivity contribution in [3.63, 3.8) is 0 Å². The van der Waals surface area contributed by atoms with Gasteiger partial charge in [-0.2, -0.15) is 0 Å². The summed E-state index contributed by atoms with van der Waals surface area (Å²) in [5.74, 6) is 0.656. The van der Waals surface area contributed by atoms with Crippen molar-refractivity contribution in [3.8, 4) is 0 Å². The van der Waals surface area contributed by atoms with Gasteiger partial charge in [0.2, 0.25) is 0 Å². The van der Waals surface area contributed by atoms with Crippen molar-refractivity contribution in [1.82, 2.24) is 4.90 Å². The van der Waals surface area contributed by atoms with Crippen LogP contribution in [0.4, 0.5) is 0 Å². The van der Waals surface area contributed by atoms with Gasteiger partial charge in [-0.15, -0.1) is 0 Å². The third-order valence-electron chi connectivity index (χ3n) is 3.30. The molecule has 0 saturated heterocycles. The second-order valence-electron chi connectivity index (χ2n) is 4.53. The van der Waals surface area contributed by atoms with Crippen LogP contribution in [-0.2, 0) is 0 Å². The SMILES string of the molecule is NC1=NCC(c2ccc(Cl)c(Cl)c2)N1C1CC1. The Labute approximate surface area is 110 Å². The standard InChI is InChI=1S/C12H13Cl2N3/c13-9-4-1-7(5-10(9)14)11-6-16-12(15)17(11)8-2-3-8/h1,4-5,8,11H,2-3,6H2,(H2,15,16). The van der Waals surface area contributed by atoms with E-state index < -0.39 is 0 Å². The number of halogens is 2. The molecule has 3 nitrogen and oxygen atoms in total. The molecule has 90 valence electrons. The van der Waals surface area contributed by atoms with Crippen molar-refractivity contribution < 1.29 is 0 Å².